The molecular weight excluding hydrogens is 262 g/mol. The summed E-state index contributed by atoms with van der Waals surface area (Å²) in [6.45, 7) is 2.65. The zero-order valence-corrected chi connectivity index (χ0v) is 12.1. The molecule has 1 unspecified atom stereocenters. The molecule has 0 bridgehead atoms. The number of aliphatic hydroxyl groups excluding tert-OH is 2. The van der Waals surface area contributed by atoms with Gasteiger partial charge >= 0.3 is 0 Å². The van der Waals surface area contributed by atoms with Gasteiger partial charge < -0.3 is 15.1 Å². The number of amides is 1. The maximum Gasteiger partial charge on any atom is 0.255 e. The van der Waals surface area contributed by atoms with Gasteiger partial charge in [0.25, 0.3) is 5.91 Å². The fraction of sp³-hybridized carbons (Fsp3) is 0.643. The summed E-state index contributed by atoms with van der Waals surface area (Å²) in [5.41, 5.74) is 1.96. The van der Waals surface area contributed by atoms with Crippen molar-refractivity contribution in [3.8, 4) is 0 Å². The molecule has 0 saturated heterocycles. The molecule has 1 aliphatic carbocycles. The van der Waals surface area contributed by atoms with Crippen LogP contribution >= 0.6 is 11.3 Å². The maximum atomic E-state index is 12.4. The topological polar surface area (TPSA) is 60.8 Å². The Morgan fingerprint density at radius 2 is 2.11 bits per heavy atom. The molecule has 1 heterocycles. The molecule has 0 fully saturated rings. The lowest BCUT2D eigenvalue weighted by Crippen LogP contribution is -2.36. The third-order valence-electron chi connectivity index (χ3n) is 3.66. The van der Waals surface area contributed by atoms with Gasteiger partial charge in [0.2, 0.25) is 0 Å². The van der Waals surface area contributed by atoms with E-state index < -0.39 is 0 Å². The van der Waals surface area contributed by atoms with Crippen LogP contribution in [-0.2, 0) is 12.8 Å². The summed E-state index contributed by atoms with van der Waals surface area (Å²) in [6.07, 6.45) is 3.16. The molecule has 1 aliphatic rings. The van der Waals surface area contributed by atoms with E-state index in [1.807, 2.05) is 5.38 Å². The lowest BCUT2D eigenvalue weighted by molar-refractivity contribution is 0.0684. The number of hydrogen-bond donors (Lipinski definition) is 2. The summed E-state index contributed by atoms with van der Waals surface area (Å²) in [5.74, 6) is 0.634. The van der Waals surface area contributed by atoms with Gasteiger partial charge in [-0.25, -0.2) is 0 Å². The summed E-state index contributed by atoms with van der Waals surface area (Å²) in [7, 11) is 0. The number of hydrogen-bond acceptors (Lipinski definition) is 4. The Morgan fingerprint density at radius 3 is 2.74 bits per heavy atom. The fourth-order valence-corrected chi connectivity index (χ4v) is 3.82. The second kappa shape index (κ2) is 6.50. The van der Waals surface area contributed by atoms with Gasteiger partial charge in [-0.15, -0.1) is 11.3 Å². The predicted molar refractivity (Wildman–Crippen MR) is 75.6 cm³/mol. The Balaban J connectivity index is 2.19. The van der Waals surface area contributed by atoms with Crippen LogP contribution in [0.25, 0.3) is 0 Å². The molecule has 4 nitrogen and oxygen atoms in total. The molecule has 0 radical (unpaired) electrons. The van der Waals surface area contributed by atoms with Crippen LogP contribution < -0.4 is 0 Å². The lowest BCUT2D eigenvalue weighted by atomic mass is 9.88. The Bertz CT molecular complexity index is 438. The van der Waals surface area contributed by atoms with Gasteiger partial charge in [0.15, 0.2) is 0 Å². The van der Waals surface area contributed by atoms with E-state index in [-0.39, 0.29) is 32.2 Å². The predicted octanol–water partition coefficient (Wildman–Crippen LogP) is 1.30. The van der Waals surface area contributed by atoms with E-state index in [0.717, 1.165) is 24.8 Å². The van der Waals surface area contributed by atoms with Crippen molar-refractivity contribution in [1.82, 2.24) is 4.90 Å². The van der Waals surface area contributed by atoms with Crippen molar-refractivity contribution in [2.24, 2.45) is 5.92 Å². The van der Waals surface area contributed by atoms with E-state index in [0.29, 0.717) is 5.92 Å². The summed E-state index contributed by atoms with van der Waals surface area (Å²) in [5, 5.41) is 20.0. The van der Waals surface area contributed by atoms with Crippen LogP contribution in [-0.4, -0.2) is 47.3 Å². The number of carbonyl (C=O) groups excluding carboxylic acids is 1. The second-order valence-electron chi connectivity index (χ2n) is 5.14. The molecular formula is C14H21NO3S. The highest BCUT2D eigenvalue weighted by molar-refractivity contribution is 7.10. The van der Waals surface area contributed by atoms with Crippen molar-refractivity contribution >= 4 is 17.2 Å². The largest absolute Gasteiger partial charge is 0.395 e. The summed E-state index contributed by atoms with van der Waals surface area (Å²) >= 11 is 1.67. The first kappa shape index (κ1) is 14.5. The van der Waals surface area contributed by atoms with Crippen LogP contribution in [0.1, 0.15) is 34.1 Å². The first-order valence-corrected chi connectivity index (χ1v) is 7.65. The van der Waals surface area contributed by atoms with Gasteiger partial charge in [-0.2, -0.15) is 0 Å². The number of nitrogens with zero attached hydrogens (tertiary/aromatic N) is 1. The van der Waals surface area contributed by atoms with Crippen LogP contribution in [0.2, 0.25) is 0 Å². The molecule has 0 spiro atoms. The summed E-state index contributed by atoms with van der Waals surface area (Å²) in [6, 6.07) is 0. The number of rotatable bonds is 5. The van der Waals surface area contributed by atoms with E-state index in [2.05, 4.69) is 6.92 Å². The van der Waals surface area contributed by atoms with Gasteiger partial charge in [0.05, 0.1) is 18.8 Å². The van der Waals surface area contributed by atoms with Crippen LogP contribution in [0.3, 0.4) is 0 Å². The zero-order valence-electron chi connectivity index (χ0n) is 11.3. The Hall–Kier alpha value is -0.910. The molecule has 0 saturated carbocycles. The number of fused-ring (bicyclic) bond motifs is 1. The molecule has 1 aromatic rings. The van der Waals surface area contributed by atoms with E-state index in [1.54, 1.807) is 11.3 Å². The van der Waals surface area contributed by atoms with Crippen molar-refractivity contribution in [3.05, 3.63) is 21.4 Å². The molecule has 106 valence electrons. The van der Waals surface area contributed by atoms with Crippen LogP contribution in [0.5, 0.6) is 0 Å². The molecule has 1 atom stereocenters. The smallest absolute Gasteiger partial charge is 0.255 e. The number of thiophene rings is 1. The van der Waals surface area contributed by atoms with Gasteiger partial charge in [-0.1, -0.05) is 6.92 Å². The van der Waals surface area contributed by atoms with E-state index in [1.165, 1.54) is 15.3 Å². The molecule has 1 amide bonds. The van der Waals surface area contributed by atoms with Gasteiger partial charge in [-0.3, -0.25) is 4.79 Å². The van der Waals surface area contributed by atoms with E-state index in [4.69, 9.17) is 10.2 Å². The van der Waals surface area contributed by atoms with Gasteiger partial charge in [0.1, 0.15) is 0 Å². The minimum absolute atomic E-state index is 0.0600. The Kier molecular flexibility index (Phi) is 4.96. The zero-order chi connectivity index (χ0) is 13.8. The Labute approximate surface area is 117 Å². The van der Waals surface area contributed by atoms with Crippen LogP contribution in [0.4, 0.5) is 0 Å². The molecule has 1 aromatic heterocycles. The highest BCUT2D eigenvalue weighted by Gasteiger charge is 2.25. The lowest BCUT2D eigenvalue weighted by Gasteiger charge is -2.23. The quantitative estimate of drug-likeness (QED) is 0.856. The Morgan fingerprint density at radius 1 is 1.42 bits per heavy atom. The average molecular weight is 283 g/mol. The van der Waals surface area contributed by atoms with Gasteiger partial charge in [-0.05, 0) is 30.7 Å². The normalized spacial score (nSPS) is 18.2. The van der Waals surface area contributed by atoms with Crippen molar-refractivity contribution < 1.29 is 15.0 Å². The molecule has 2 N–H and O–H groups in total. The van der Waals surface area contributed by atoms with Crippen LogP contribution in [0, 0.1) is 5.92 Å². The van der Waals surface area contributed by atoms with Crippen molar-refractivity contribution in [2.45, 2.75) is 26.2 Å². The van der Waals surface area contributed by atoms with E-state index in [9.17, 15) is 4.79 Å². The second-order valence-corrected chi connectivity index (χ2v) is 6.10. The third-order valence-corrected chi connectivity index (χ3v) is 4.71. The van der Waals surface area contributed by atoms with Crippen molar-refractivity contribution in [2.75, 3.05) is 26.3 Å². The molecule has 0 aromatic carbocycles. The average Bonchev–Trinajstić information content (AvgIpc) is 2.80. The first-order valence-electron chi connectivity index (χ1n) is 6.77. The maximum absolute atomic E-state index is 12.4. The number of carbonyl (C=O) groups is 1. The summed E-state index contributed by atoms with van der Waals surface area (Å²) in [4.78, 5) is 15.3. The highest BCUT2D eigenvalue weighted by atomic mass is 32.1. The number of aliphatic hydroxyl groups is 2. The van der Waals surface area contributed by atoms with Crippen molar-refractivity contribution in [3.63, 3.8) is 0 Å². The molecule has 19 heavy (non-hydrogen) atoms. The van der Waals surface area contributed by atoms with Gasteiger partial charge in [0, 0.05) is 23.3 Å². The minimum atomic E-state index is -0.0743. The first-order chi connectivity index (χ1) is 9.17. The highest BCUT2D eigenvalue weighted by Crippen LogP contribution is 2.33. The monoisotopic (exact) mass is 283 g/mol. The standard InChI is InChI=1S/C14H21NO3S/c1-10-2-3-11-12(9-19-13(11)8-10)14(18)15(4-6-16)5-7-17/h9-10,16-17H,2-8H2,1H3. The minimum Gasteiger partial charge on any atom is -0.395 e. The molecule has 5 heteroatoms. The molecule has 0 aliphatic heterocycles. The van der Waals surface area contributed by atoms with Crippen molar-refractivity contribution in [1.29, 1.82) is 0 Å². The summed E-state index contributed by atoms with van der Waals surface area (Å²) < 4.78 is 0. The van der Waals surface area contributed by atoms with Crippen LogP contribution in [0.15, 0.2) is 5.38 Å². The fourth-order valence-electron chi connectivity index (χ4n) is 2.58. The SMILES string of the molecule is CC1CCc2c(C(=O)N(CCO)CCO)csc2C1. The van der Waals surface area contributed by atoms with E-state index >= 15 is 0 Å². The molecule has 2 rings (SSSR count). The third kappa shape index (κ3) is 3.16.